The Balaban J connectivity index is 2.47. The highest BCUT2D eigenvalue weighted by Gasteiger charge is 2.25. The lowest BCUT2D eigenvalue weighted by molar-refractivity contribution is -0.122. The van der Waals surface area contributed by atoms with Crippen molar-refractivity contribution in [1.82, 2.24) is 0 Å². The molecule has 1 amide bonds. The molecule has 3 nitrogen and oxygen atoms in total. The van der Waals surface area contributed by atoms with Crippen LogP contribution in [0.2, 0.25) is 0 Å². The van der Waals surface area contributed by atoms with Crippen molar-refractivity contribution in [2.24, 2.45) is 5.92 Å². The van der Waals surface area contributed by atoms with Crippen molar-refractivity contribution in [3.8, 4) is 5.75 Å². The van der Waals surface area contributed by atoms with E-state index in [9.17, 15) is 4.79 Å². The number of benzene rings is 1. The van der Waals surface area contributed by atoms with Crippen molar-refractivity contribution < 1.29 is 9.53 Å². The first-order chi connectivity index (χ1) is 7.09. The molecule has 1 unspecified atom stereocenters. The van der Waals surface area contributed by atoms with E-state index < -0.39 is 0 Å². The lowest BCUT2D eigenvalue weighted by Crippen LogP contribution is -2.31. The van der Waals surface area contributed by atoms with Crippen LogP contribution in [0.15, 0.2) is 22.7 Å². The smallest absolute Gasteiger partial charge is 0.233 e. The molecule has 1 heterocycles. The van der Waals surface area contributed by atoms with E-state index in [0.717, 1.165) is 15.9 Å². The third-order valence-corrected chi connectivity index (χ3v) is 3.02. The third-order valence-electron chi connectivity index (χ3n) is 2.52. The van der Waals surface area contributed by atoms with Crippen molar-refractivity contribution in [2.45, 2.75) is 6.92 Å². The molecule has 0 fully saturated rings. The van der Waals surface area contributed by atoms with Crippen LogP contribution in [0.25, 0.3) is 0 Å². The van der Waals surface area contributed by atoms with Crippen LogP contribution in [0, 0.1) is 5.92 Å². The average Bonchev–Trinajstić information content (AvgIpc) is 2.32. The molecule has 2 rings (SSSR count). The van der Waals surface area contributed by atoms with Gasteiger partial charge in [-0.3, -0.25) is 4.79 Å². The zero-order chi connectivity index (χ0) is 11.0. The summed E-state index contributed by atoms with van der Waals surface area (Å²) in [6, 6.07) is 5.68. The van der Waals surface area contributed by atoms with E-state index in [4.69, 9.17) is 4.74 Å². The van der Waals surface area contributed by atoms with Gasteiger partial charge >= 0.3 is 0 Å². The molecule has 1 aliphatic rings. The van der Waals surface area contributed by atoms with Crippen LogP contribution >= 0.6 is 15.9 Å². The maximum absolute atomic E-state index is 11.8. The van der Waals surface area contributed by atoms with Gasteiger partial charge in [-0.25, -0.2) is 0 Å². The number of carbonyl (C=O) groups excluding carboxylic acids is 1. The molecular weight excluding hydrogens is 258 g/mol. The molecule has 1 atom stereocenters. The van der Waals surface area contributed by atoms with Crippen molar-refractivity contribution in [2.75, 3.05) is 18.6 Å². The fraction of sp³-hybridized carbons (Fsp3) is 0.364. The molecule has 1 aromatic carbocycles. The summed E-state index contributed by atoms with van der Waals surface area (Å²) in [6.45, 7) is 2.31. The number of rotatable bonds is 0. The molecule has 1 aromatic rings. The number of anilines is 1. The number of nitrogens with zero attached hydrogens (tertiary/aromatic N) is 1. The van der Waals surface area contributed by atoms with Gasteiger partial charge in [-0.05, 0) is 18.2 Å². The largest absolute Gasteiger partial charge is 0.491 e. The Bertz CT molecular complexity index is 406. The van der Waals surface area contributed by atoms with Gasteiger partial charge in [-0.1, -0.05) is 22.9 Å². The molecule has 0 spiro atoms. The zero-order valence-electron chi connectivity index (χ0n) is 8.66. The summed E-state index contributed by atoms with van der Waals surface area (Å²) < 4.78 is 6.55. The van der Waals surface area contributed by atoms with E-state index >= 15 is 0 Å². The Hall–Kier alpha value is -1.03. The summed E-state index contributed by atoms with van der Waals surface area (Å²) in [7, 11) is 1.78. The number of amides is 1. The van der Waals surface area contributed by atoms with Gasteiger partial charge in [0.15, 0.2) is 0 Å². The van der Waals surface area contributed by atoms with Gasteiger partial charge < -0.3 is 9.64 Å². The summed E-state index contributed by atoms with van der Waals surface area (Å²) in [6.07, 6.45) is 0. The second-order valence-corrected chi connectivity index (χ2v) is 4.64. The van der Waals surface area contributed by atoms with Gasteiger partial charge in [0.1, 0.15) is 5.75 Å². The van der Waals surface area contributed by atoms with Crippen LogP contribution in [0.5, 0.6) is 5.75 Å². The van der Waals surface area contributed by atoms with Gasteiger partial charge in [0.25, 0.3) is 0 Å². The van der Waals surface area contributed by atoms with Crippen LogP contribution in [0.3, 0.4) is 0 Å². The van der Waals surface area contributed by atoms with Gasteiger partial charge in [-0.15, -0.1) is 0 Å². The Kier molecular flexibility index (Phi) is 2.69. The molecule has 0 aliphatic carbocycles. The highest BCUT2D eigenvalue weighted by molar-refractivity contribution is 9.10. The van der Waals surface area contributed by atoms with Crippen molar-refractivity contribution >= 4 is 27.5 Å². The summed E-state index contributed by atoms with van der Waals surface area (Å²) in [4.78, 5) is 13.5. The quantitative estimate of drug-likeness (QED) is 0.724. The molecule has 0 N–H and O–H groups in total. The van der Waals surface area contributed by atoms with Crippen molar-refractivity contribution in [3.63, 3.8) is 0 Å². The molecule has 0 saturated heterocycles. The standard InChI is InChI=1S/C11H12BrNO2/c1-7-6-15-10-5-8(12)3-4-9(10)13(2)11(7)14/h3-5,7H,6H2,1-2H3. The molecule has 4 heteroatoms. The normalized spacial score (nSPS) is 20.6. The molecule has 1 aliphatic heterocycles. The first-order valence-electron chi connectivity index (χ1n) is 4.79. The third kappa shape index (κ3) is 1.86. The summed E-state index contributed by atoms with van der Waals surface area (Å²) in [5, 5.41) is 0. The zero-order valence-corrected chi connectivity index (χ0v) is 10.2. The number of carbonyl (C=O) groups is 1. The van der Waals surface area contributed by atoms with E-state index in [0.29, 0.717) is 6.61 Å². The predicted octanol–water partition coefficient (Wildman–Crippen LogP) is 2.44. The molecule has 80 valence electrons. The number of ether oxygens (including phenoxy) is 1. The molecular formula is C11H12BrNO2. The minimum absolute atomic E-state index is 0.0936. The van der Waals surface area contributed by atoms with Crippen LogP contribution < -0.4 is 9.64 Å². The van der Waals surface area contributed by atoms with Crippen LogP contribution in [0.4, 0.5) is 5.69 Å². The maximum Gasteiger partial charge on any atom is 0.233 e. The molecule has 0 bridgehead atoms. The number of hydrogen-bond donors (Lipinski definition) is 0. The fourth-order valence-electron chi connectivity index (χ4n) is 1.62. The summed E-state index contributed by atoms with van der Waals surface area (Å²) in [5.74, 6) is 0.752. The Morgan fingerprint density at radius 3 is 3.00 bits per heavy atom. The Morgan fingerprint density at radius 2 is 2.27 bits per heavy atom. The Labute approximate surface area is 97.2 Å². The highest BCUT2D eigenvalue weighted by atomic mass is 79.9. The van der Waals surface area contributed by atoms with E-state index in [1.54, 1.807) is 11.9 Å². The van der Waals surface area contributed by atoms with Gasteiger partial charge in [0.2, 0.25) is 5.91 Å². The lowest BCUT2D eigenvalue weighted by atomic mass is 10.2. The van der Waals surface area contributed by atoms with Crippen LogP contribution in [-0.4, -0.2) is 19.6 Å². The average molecular weight is 270 g/mol. The van der Waals surface area contributed by atoms with E-state index in [2.05, 4.69) is 15.9 Å². The second-order valence-electron chi connectivity index (χ2n) is 3.72. The highest BCUT2D eigenvalue weighted by Crippen LogP contribution is 2.33. The van der Waals surface area contributed by atoms with Crippen molar-refractivity contribution in [1.29, 1.82) is 0 Å². The molecule has 0 aromatic heterocycles. The SMILES string of the molecule is CC1COc2cc(Br)ccc2N(C)C1=O. The molecule has 15 heavy (non-hydrogen) atoms. The van der Waals surface area contributed by atoms with Gasteiger partial charge in [-0.2, -0.15) is 0 Å². The van der Waals surface area contributed by atoms with Gasteiger partial charge in [0.05, 0.1) is 18.2 Å². The fourth-order valence-corrected chi connectivity index (χ4v) is 1.96. The topological polar surface area (TPSA) is 29.5 Å². The lowest BCUT2D eigenvalue weighted by Gasteiger charge is -2.17. The summed E-state index contributed by atoms with van der Waals surface area (Å²) in [5.41, 5.74) is 0.826. The minimum Gasteiger partial charge on any atom is -0.491 e. The minimum atomic E-state index is -0.0961. The van der Waals surface area contributed by atoms with E-state index in [1.807, 2.05) is 25.1 Å². The Morgan fingerprint density at radius 1 is 1.53 bits per heavy atom. The second kappa shape index (κ2) is 3.85. The number of halogens is 1. The number of hydrogen-bond acceptors (Lipinski definition) is 2. The maximum atomic E-state index is 11.8. The van der Waals surface area contributed by atoms with Crippen LogP contribution in [0.1, 0.15) is 6.92 Å². The molecule has 0 saturated carbocycles. The predicted molar refractivity (Wildman–Crippen MR) is 62.2 cm³/mol. The van der Waals surface area contributed by atoms with E-state index in [-0.39, 0.29) is 11.8 Å². The first-order valence-corrected chi connectivity index (χ1v) is 5.59. The van der Waals surface area contributed by atoms with Crippen LogP contribution in [-0.2, 0) is 4.79 Å². The first kappa shape index (κ1) is 10.5. The van der Waals surface area contributed by atoms with Crippen molar-refractivity contribution in [3.05, 3.63) is 22.7 Å². The number of fused-ring (bicyclic) bond motifs is 1. The molecule has 0 radical (unpaired) electrons. The summed E-state index contributed by atoms with van der Waals surface area (Å²) >= 11 is 3.38. The van der Waals surface area contributed by atoms with E-state index in [1.165, 1.54) is 0 Å². The van der Waals surface area contributed by atoms with Gasteiger partial charge in [0, 0.05) is 11.5 Å². The monoisotopic (exact) mass is 269 g/mol.